The maximum Gasteiger partial charge on any atom is 0.318 e. The molecule has 6 aliphatic heterocycles. The van der Waals surface area contributed by atoms with Crippen LogP contribution >= 0.6 is 9.24 Å². The summed E-state index contributed by atoms with van der Waals surface area (Å²) in [6, 6.07) is 14.4. The SMILES string of the molecule is CC=O.CCC(C)C.CCCC1(CCC(C)CC)CCN(C2CCN(c3ccc(N(C(C)=O)C4CCC(=O)NC4=O)c(C)c3)CC2)C1.CCc1c(F)ccc2cc(O)cc(-c3ncc4c(N5CCCC(O)C5)nc(OC)nc4c3P)c12.COCC1CCC2CCCN21. The van der Waals surface area contributed by atoms with Gasteiger partial charge >= 0.3 is 6.01 Å². The van der Waals surface area contributed by atoms with Crippen molar-refractivity contribution in [1.29, 1.82) is 0 Å². The third kappa shape index (κ3) is 18.5. The molecule has 0 bridgehead atoms. The molecule has 3 N–H and O–H groups in total. The number of fused-ring (bicyclic) bond motifs is 3. The number of hydrogen-bond donors (Lipinski definition) is 3. The summed E-state index contributed by atoms with van der Waals surface area (Å²) in [4.78, 5) is 70.9. The third-order valence-electron chi connectivity index (χ3n) is 20.0. The van der Waals surface area contributed by atoms with Gasteiger partial charge in [-0.05, 0) is 186 Å². The first-order chi connectivity index (χ1) is 44.2. The number of carbonyl (C=O) groups excluding carboxylic acids is 4. The van der Waals surface area contributed by atoms with Gasteiger partial charge < -0.3 is 34.3 Å². The number of ether oxygens (including phenoxy) is 2. The normalized spacial score (nSPS) is 22.1. The highest BCUT2D eigenvalue weighted by Gasteiger charge is 2.41. The smallest absolute Gasteiger partial charge is 0.318 e. The number of benzene rings is 3. The largest absolute Gasteiger partial charge is 0.508 e. The quantitative estimate of drug-likeness (QED) is 0.0452. The zero-order valence-electron chi connectivity index (χ0n) is 57.5. The molecule has 2 aromatic heterocycles. The Bertz CT molecular complexity index is 3250. The second kappa shape index (κ2) is 35.0. The molecule has 17 nitrogen and oxygen atoms in total. The molecule has 6 fully saturated rings. The van der Waals surface area contributed by atoms with Crippen molar-refractivity contribution in [1.82, 2.24) is 30.1 Å². The van der Waals surface area contributed by atoms with Gasteiger partial charge in [-0.2, -0.15) is 9.97 Å². The molecule has 506 valence electrons. The van der Waals surface area contributed by atoms with Crippen LogP contribution in [0.15, 0.2) is 48.7 Å². The van der Waals surface area contributed by atoms with Gasteiger partial charge in [0.2, 0.25) is 17.7 Å². The van der Waals surface area contributed by atoms with E-state index >= 15 is 0 Å². The van der Waals surface area contributed by atoms with Crippen LogP contribution in [0.5, 0.6) is 11.8 Å². The molecular formula is C73H109FN9O8P. The van der Waals surface area contributed by atoms with Crippen LogP contribution in [0, 0.1) is 30.0 Å². The van der Waals surface area contributed by atoms with Crippen molar-refractivity contribution in [3.8, 4) is 23.0 Å². The van der Waals surface area contributed by atoms with Crippen molar-refractivity contribution in [2.45, 2.75) is 215 Å². The number of imide groups is 1. The summed E-state index contributed by atoms with van der Waals surface area (Å²) >= 11 is 0. The highest BCUT2D eigenvalue weighted by molar-refractivity contribution is 7.28. The van der Waals surface area contributed by atoms with Crippen LogP contribution in [0.4, 0.5) is 21.6 Å². The number of aliphatic hydroxyl groups excluding tert-OH is 1. The van der Waals surface area contributed by atoms with Gasteiger partial charge in [0.05, 0.1) is 36.4 Å². The summed E-state index contributed by atoms with van der Waals surface area (Å²) in [5.41, 5.74) is 5.82. The van der Waals surface area contributed by atoms with Crippen molar-refractivity contribution in [3.05, 3.63) is 65.6 Å². The Morgan fingerprint density at radius 2 is 1.63 bits per heavy atom. The fourth-order valence-corrected chi connectivity index (χ4v) is 15.0. The summed E-state index contributed by atoms with van der Waals surface area (Å²) in [6.07, 6.45) is 22.1. The molecule has 5 aromatic rings. The molecule has 92 heavy (non-hydrogen) atoms. The molecule has 3 amide bonds. The molecule has 6 aliphatic rings. The molecule has 8 heterocycles. The maximum absolute atomic E-state index is 14.7. The van der Waals surface area contributed by atoms with E-state index in [1.165, 1.54) is 136 Å². The number of carbonyl (C=O) groups is 4. The zero-order valence-corrected chi connectivity index (χ0v) is 58.7. The van der Waals surface area contributed by atoms with Crippen molar-refractivity contribution < 1.29 is 43.3 Å². The fourth-order valence-electron chi connectivity index (χ4n) is 14.6. The number of aromatic hydroxyl groups is 1. The first-order valence-corrected chi connectivity index (χ1v) is 35.0. The molecule has 11 rings (SSSR count). The number of pyridine rings is 1. The predicted octanol–water partition coefficient (Wildman–Crippen LogP) is 12.7. The number of likely N-dealkylation sites (tertiary alicyclic amines) is 1. The first-order valence-electron chi connectivity index (χ1n) is 34.4. The third-order valence-corrected chi connectivity index (χ3v) is 20.6. The average molecular weight is 1290 g/mol. The van der Waals surface area contributed by atoms with Crippen LogP contribution in [0.2, 0.25) is 0 Å². The van der Waals surface area contributed by atoms with Crippen LogP contribution in [0.1, 0.15) is 183 Å². The number of aldehydes is 1. The number of halogens is 1. The summed E-state index contributed by atoms with van der Waals surface area (Å²) in [5.74, 6) is 1.31. The number of anilines is 3. The van der Waals surface area contributed by atoms with E-state index in [-0.39, 0.29) is 35.8 Å². The average Bonchev–Trinajstić information content (AvgIpc) is 1.01. The van der Waals surface area contributed by atoms with Crippen molar-refractivity contribution >= 4 is 77.4 Å². The van der Waals surface area contributed by atoms with Crippen molar-refractivity contribution in [2.24, 2.45) is 17.3 Å². The minimum Gasteiger partial charge on any atom is -0.508 e. The molecule has 0 radical (unpaired) electrons. The number of aryl methyl sites for hydroxylation is 2. The Morgan fingerprint density at radius 1 is 0.902 bits per heavy atom. The number of β-amino-alcohol motifs (C(OH)–C–C–N with tert-alkyl or cyclic N) is 1. The van der Waals surface area contributed by atoms with Gasteiger partial charge in [-0.1, -0.05) is 80.2 Å². The second-order valence-corrected chi connectivity index (χ2v) is 27.4. The number of nitrogens with zero attached hydrogens (tertiary/aromatic N) is 8. The van der Waals surface area contributed by atoms with Gasteiger partial charge in [0.15, 0.2) is 0 Å². The highest BCUT2D eigenvalue weighted by atomic mass is 31.0. The Hall–Kier alpha value is -5.91. The molecule has 19 heteroatoms. The number of phenolic OH excluding ortho intramolecular Hbond substituents is 1. The van der Waals surface area contributed by atoms with Gasteiger partial charge in [0.25, 0.3) is 0 Å². The molecule has 0 aliphatic carbocycles. The van der Waals surface area contributed by atoms with E-state index in [0.29, 0.717) is 64.3 Å². The summed E-state index contributed by atoms with van der Waals surface area (Å²) in [6.45, 7) is 28.6. The van der Waals surface area contributed by atoms with E-state index in [2.05, 4.69) is 92.9 Å². The second-order valence-electron chi connectivity index (χ2n) is 26.9. The number of phenols is 1. The lowest BCUT2D eigenvalue weighted by atomic mass is 9.76. The van der Waals surface area contributed by atoms with Gasteiger partial charge in [-0.15, -0.1) is 9.24 Å². The standard InChI is InChI=1S/C32H50N4O3.C25H26FN4O3P.C9H17NO.C5H12.C2H4O/c1-6-15-32(16-12-23(3)7-2)17-20-35(22-32)26-13-18-34(19-14-26)27-8-9-28(24(4)21-27)36(25(5)37)29-10-11-30(38)33-31(29)39;1-3-16-19(26)7-6-13-9-15(32)10-17(20(13)16)21-23(34)22-18(11-27-21)24(29-25(28-22)33-2)30-8-4-5-14(31)12-30;1-11-7-9-5-4-8-3-2-6-10(8)9;1-4-5(2)3;1-2-3/h8-9,21,23,26,29H,6-7,10-20,22H2,1-5H3,(H,33,38,39);6-7,9-11,14,31-32H,3-5,8,12,34H2,1-2H3;8-9H,2-7H2,1H3;5H,4H2,1-3H3;2H,1H3. The molecule has 7 unspecified atom stereocenters. The van der Waals surface area contributed by atoms with Crippen LogP contribution in [-0.4, -0.2) is 156 Å². The number of methoxy groups -OCH3 is 2. The van der Waals surface area contributed by atoms with Gasteiger partial charge in [-0.3, -0.25) is 39.4 Å². The fraction of sp³-hybridized carbons (Fsp3) is 0.630. The number of rotatable bonds is 17. The number of hydrogen-bond acceptors (Lipinski definition) is 15. The number of aliphatic hydroxyl groups is 1. The molecule has 0 saturated carbocycles. The molecule has 3 aromatic carbocycles. The zero-order chi connectivity index (χ0) is 66.8. The van der Waals surface area contributed by atoms with Gasteiger partial charge in [0, 0.05) is 99.7 Å². The van der Waals surface area contributed by atoms with Crippen molar-refractivity contribution in [2.75, 3.05) is 81.3 Å². The summed E-state index contributed by atoms with van der Waals surface area (Å²) < 4.78 is 25.3. The topological polar surface area (TPSA) is 194 Å². The van der Waals surface area contributed by atoms with E-state index in [1.807, 2.05) is 31.9 Å². The number of nitrogens with one attached hydrogen (secondary N) is 1. The van der Waals surface area contributed by atoms with Crippen LogP contribution in [0.25, 0.3) is 32.9 Å². The molecule has 6 saturated heterocycles. The molecule has 0 spiro atoms. The van der Waals surface area contributed by atoms with E-state index < -0.39 is 18.1 Å². The Kier molecular flexibility index (Phi) is 28.0. The lowest BCUT2D eigenvalue weighted by Gasteiger charge is -2.39. The van der Waals surface area contributed by atoms with E-state index in [1.54, 1.807) is 29.3 Å². The molecule has 7 atom stereocenters. The summed E-state index contributed by atoms with van der Waals surface area (Å²) in [7, 11) is 6.02. The van der Waals surface area contributed by atoms with Crippen molar-refractivity contribution in [3.63, 3.8) is 0 Å². The minimum atomic E-state index is -0.647. The van der Waals surface area contributed by atoms with Crippen LogP contribution in [-0.2, 0) is 30.3 Å². The number of piperidine rings is 3. The van der Waals surface area contributed by atoms with Crippen LogP contribution in [0.3, 0.4) is 0 Å². The van der Waals surface area contributed by atoms with E-state index in [9.17, 15) is 29.0 Å². The predicted molar refractivity (Wildman–Crippen MR) is 374 cm³/mol. The number of aromatic nitrogens is 3. The van der Waals surface area contributed by atoms with Gasteiger partial charge in [0.1, 0.15) is 29.7 Å². The Morgan fingerprint density at radius 3 is 2.26 bits per heavy atom. The van der Waals surface area contributed by atoms with Crippen LogP contribution < -0.4 is 30.1 Å². The Balaban J connectivity index is 0.000000204. The minimum absolute atomic E-state index is 0.0747. The first kappa shape index (κ1) is 73.5. The van der Waals surface area contributed by atoms with E-state index in [0.717, 1.165) is 96.7 Å². The lowest BCUT2D eigenvalue weighted by Crippen LogP contribution is -2.54. The summed E-state index contributed by atoms with van der Waals surface area (Å²) in [5, 5.41) is 25.9. The highest BCUT2D eigenvalue weighted by Crippen LogP contribution is 2.44. The lowest BCUT2D eigenvalue weighted by molar-refractivity contribution is -0.135. The molecular weight excluding hydrogens is 1180 g/mol. The monoisotopic (exact) mass is 1290 g/mol. The maximum atomic E-state index is 14.7. The van der Waals surface area contributed by atoms with Gasteiger partial charge in [-0.25, -0.2) is 4.39 Å². The Labute approximate surface area is 550 Å². The van der Waals surface area contributed by atoms with E-state index in [4.69, 9.17) is 19.3 Å². The number of amides is 3.